The zero-order chi connectivity index (χ0) is 20.8. The third-order valence-corrected chi connectivity index (χ3v) is 5.69. The Morgan fingerprint density at radius 2 is 1.77 bits per heavy atom. The van der Waals surface area contributed by atoms with Crippen LogP contribution in [0.3, 0.4) is 0 Å². The van der Waals surface area contributed by atoms with Gasteiger partial charge in [-0.1, -0.05) is 29.8 Å². The number of benzene rings is 3. The Kier molecular flexibility index (Phi) is 4.44. The second-order valence-electron chi connectivity index (χ2n) is 7.21. The van der Waals surface area contributed by atoms with E-state index in [0.29, 0.717) is 10.8 Å². The Balaban J connectivity index is 1.85. The van der Waals surface area contributed by atoms with Crippen LogP contribution in [-0.4, -0.2) is 23.8 Å². The highest BCUT2D eigenvalue weighted by Crippen LogP contribution is 2.39. The van der Waals surface area contributed by atoms with E-state index in [1.54, 1.807) is 14.2 Å². The van der Waals surface area contributed by atoms with Gasteiger partial charge in [0.1, 0.15) is 11.5 Å². The van der Waals surface area contributed by atoms with Crippen LogP contribution >= 0.6 is 11.6 Å². The van der Waals surface area contributed by atoms with Gasteiger partial charge in [0.15, 0.2) is 0 Å². The number of fused-ring (bicyclic) bond motifs is 2. The van der Waals surface area contributed by atoms with Crippen molar-refractivity contribution in [1.82, 2.24) is 9.55 Å². The number of para-hydroxylation sites is 1. The van der Waals surface area contributed by atoms with Crippen LogP contribution in [0.5, 0.6) is 11.5 Å². The maximum absolute atomic E-state index is 6.21. The van der Waals surface area contributed by atoms with Gasteiger partial charge in [-0.05, 0) is 42.8 Å². The molecule has 0 saturated heterocycles. The molecule has 1 radical (unpaired) electrons. The lowest BCUT2D eigenvalue weighted by Gasteiger charge is -2.14. The average molecular weight is 416 g/mol. The Bertz CT molecular complexity index is 1400. The number of nitrogens with one attached hydrogen (secondary N) is 1. The van der Waals surface area contributed by atoms with Gasteiger partial charge in [-0.25, -0.2) is 0 Å². The molecule has 5 heteroatoms. The molecule has 0 atom stereocenters. The SMILES string of the molecule is COc1cc2[nH]cc(-n3c(-c4ccc(Cl)cc4OC)[c]c4ccccc43)c2cc1C. The molecule has 2 heterocycles. The van der Waals surface area contributed by atoms with E-state index < -0.39 is 0 Å². The third-order valence-electron chi connectivity index (χ3n) is 5.46. The van der Waals surface area contributed by atoms with Crippen molar-refractivity contribution in [3.05, 3.63) is 77.4 Å². The van der Waals surface area contributed by atoms with Gasteiger partial charge in [0.05, 0.1) is 36.6 Å². The molecule has 30 heavy (non-hydrogen) atoms. The van der Waals surface area contributed by atoms with E-state index >= 15 is 0 Å². The Morgan fingerprint density at radius 1 is 0.967 bits per heavy atom. The molecule has 0 fully saturated rings. The summed E-state index contributed by atoms with van der Waals surface area (Å²) in [5.74, 6) is 1.57. The number of hydrogen-bond acceptors (Lipinski definition) is 2. The predicted octanol–water partition coefficient (Wildman–Crippen LogP) is 6.56. The first-order valence-corrected chi connectivity index (χ1v) is 10.0. The maximum Gasteiger partial charge on any atom is 0.129 e. The van der Waals surface area contributed by atoms with Crippen LogP contribution in [0.2, 0.25) is 5.02 Å². The molecule has 2 aromatic heterocycles. The zero-order valence-electron chi connectivity index (χ0n) is 16.9. The number of ether oxygens (including phenoxy) is 2. The first-order chi connectivity index (χ1) is 14.6. The lowest BCUT2D eigenvalue weighted by molar-refractivity contribution is 0.412. The van der Waals surface area contributed by atoms with Crippen molar-refractivity contribution in [2.45, 2.75) is 6.92 Å². The number of hydrogen-bond donors (Lipinski definition) is 1. The Morgan fingerprint density at radius 3 is 2.57 bits per heavy atom. The fourth-order valence-electron chi connectivity index (χ4n) is 4.03. The van der Waals surface area contributed by atoms with E-state index in [-0.39, 0.29) is 0 Å². The van der Waals surface area contributed by atoms with Crippen LogP contribution in [-0.2, 0) is 0 Å². The lowest BCUT2D eigenvalue weighted by atomic mass is 10.1. The van der Waals surface area contributed by atoms with Crippen molar-refractivity contribution >= 4 is 33.4 Å². The number of aryl methyl sites for hydroxylation is 1. The molecule has 0 bridgehead atoms. The summed E-state index contributed by atoms with van der Waals surface area (Å²) in [6, 6.07) is 21.7. The van der Waals surface area contributed by atoms with Gasteiger partial charge < -0.3 is 19.0 Å². The number of rotatable bonds is 4. The molecule has 0 aliphatic carbocycles. The normalized spacial score (nSPS) is 11.3. The molecule has 4 nitrogen and oxygen atoms in total. The van der Waals surface area contributed by atoms with E-state index in [1.165, 1.54) is 0 Å². The van der Waals surface area contributed by atoms with Crippen molar-refractivity contribution in [3.8, 4) is 28.4 Å². The molecule has 0 unspecified atom stereocenters. The first kappa shape index (κ1) is 18.6. The predicted molar refractivity (Wildman–Crippen MR) is 122 cm³/mol. The third kappa shape index (κ3) is 2.84. The minimum atomic E-state index is 0.632. The van der Waals surface area contributed by atoms with Gasteiger partial charge in [-0.3, -0.25) is 0 Å². The van der Waals surface area contributed by atoms with Crippen LogP contribution in [0.4, 0.5) is 0 Å². The number of aromatic nitrogens is 2. The molecule has 5 rings (SSSR count). The summed E-state index contributed by atoms with van der Waals surface area (Å²) in [5.41, 5.74) is 6.05. The average Bonchev–Trinajstić information content (AvgIpc) is 3.33. The summed E-state index contributed by atoms with van der Waals surface area (Å²) in [5, 5.41) is 2.77. The summed E-state index contributed by atoms with van der Waals surface area (Å²) >= 11 is 6.21. The van der Waals surface area contributed by atoms with Gasteiger partial charge in [0.2, 0.25) is 0 Å². The van der Waals surface area contributed by atoms with Gasteiger partial charge in [-0.2, -0.15) is 0 Å². The molecule has 0 spiro atoms. The topological polar surface area (TPSA) is 39.2 Å². The molecular weight excluding hydrogens is 396 g/mol. The molecule has 1 N–H and O–H groups in total. The number of methoxy groups -OCH3 is 2. The molecule has 0 amide bonds. The number of halogens is 1. The number of aromatic amines is 1. The highest BCUT2D eigenvalue weighted by Gasteiger charge is 2.19. The fraction of sp³-hybridized carbons (Fsp3) is 0.120. The van der Waals surface area contributed by atoms with Crippen molar-refractivity contribution < 1.29 is 9.47 Å². The minimum absolute atomic E-state index is 0.632. The first-order valence-electron chi connectivity index (χ1n) is 9.63. The molecule has 0 aliphatic heterocycles. The van der Waals surface area contributed by atoms with Crippen molar-refractivity contribution in [3.63, 3.8) is 0 Å². The fourth-order valence-corrected chi connectivity index (χ4v) is 4.19. The summed E-state index contributed by atoms with van der Waals surface area (Å²) in [7, 11) is 3.35. The summed E-state index contributed by atoms with van der Waals surface area (Å²) in [6.07, 6.45) is 2.02. The minimum Gasteiger partial charge on any atom is -0.496 e. The molecule has 0 aliphatic rings. The second kappa shape index (κ2) is 7.15. The Labute approximate surface area is 179 Å². The smallest absolute Gasteiger partial charge is 0.129 e. The van der Waals surface area contributed by atoms with E-state index in [0.717, 1.165) is 50.1 Å². The van der Waals surface area contributed by atoms with Gasteiger partial charge in [0.25, 0.3) is 0 Å². The maximum atomic E-state index is 6.21. The molecule has 149 valence electrons. The van der Waals surface area contributed by atoms with Crippen LogP contribution < -0.4 is 9.47 Å². The number of nitrogens with zero attached hydrogens (tertiary/aromatic N) is 1. The van der Waals surface area contributed by atoms with E-state index in [2.05, 4.69) is 40.7 Å². The Hall–Kier alpha value is -3.37. The van der Waals surface area contributed by atoms with Crippen molar-refractivity contribution in [2.75, 3.05) is 14.2 Å². The van der Waals surface area contributed by atoms with Gasteiger partial charge >= 0.3 is 0 Å². The van der Waals surface area contributed by atoms with E-state index in [1.807, 2.05) is 42.6 Å². The highest BCUT2D eigenvalue weighted by molar-refractivity contribution is 6.30. The standard InChI is InChI=1S/C25H20ClN2O2/c1-15-10-19-20(13-24(15)29-2)27-14-23(19)28-21-7-5-4-6-16(21)11-22(28)18-9-8-17(26)12-25(18)30-3/h4-10,12-14,27H,1-3H3. The molecule has 5 aromatic rings. The monoisotopic (exact) mass is 415 g/mol. The van der Waals surface area contributed by atoms with E-state index in [9.17, 15) is 0 Å². The summed E-state index contributed by atoms with van der Waals surface area (Å²) < 4.78 is 13.4. The van der Waals surface area contributed by atoms with Crippen molar-refractivity contribution in [1.29, 1.82) is 0 Å². The van der Waals surface area contributed by atoms with Gasteiger partial charge in [-0.15, -0.1) is 0 Å². The summed E-state index contributed by atoms with van der Waals surface area (Å²) in [4.78, 5) is 3.39. The van der Waals surface area contributed by atoms with Crippen LogP contribution in [0.25, 0.3) is 38.8 Å². The van der Waals surface area contributed by atoms with Gasteiger partial charge in [0, 0.05) is 39.7 Å². The van der Waals surface area contributed by atoms with Crippen LogP contribution in [0, 0.1) is 13.0 Å². The molecule has 0 saturated carbocycles. The van der Waals surface area contributed by atoms with E-state index in [4.69, 9.17) is 21.1 Å². The van der Waals surface area contributed by atoms with Crippen LogP contribution in [0.1, 0.15) is 5.56 Å². The summed E-state index contributed by atoms with van der Waals surface area (Å²) in [6.45, 7) is 2.05. The molecule has 3 aromatic carbocycles. The molecular formula is C25H20ClN2O2. The zero-order valence-corrected chi connectivity index (χ0v) is 17.7. The lowest BCUT2D eigenvalue weighted by Crippen LogP contribution is -1.98. The quantitative estimate of drug-likeness (QED) is 0.361. The second-order valence-corrected chi connectivity index (χ2v) is 7.65. The van der Waals surface area contributed by atoms with Crippen LogP contribution in [0.15, 0.2) is 60.8 Å². The van der Waals surface area contributed by atoms with Crippen molar-refractivity contribution in [2.24, 2.45) is 0 Å². The highest BCUT2D eigenvalue weighted by atomic mass is 35.5. The number of H-pyrrole nitrogens is 1. The largest absolute Gasteiger partial charge is 0.496 e.